The van der Waals surface area contributed by atoms with Crippen LogP contribution in [0.1, 0.15) is 15.4 Å². The number of thiophene rings is 1. The molecule has 6 nitrogen and oxygen atoms in total. The van der Waals surface area contributed by atoms with Gasteiger partial charge in [-0.3, -0.25) is 4.79 Å². The topological polar surface area (TPSA) is 72.7 Å². The second-order valence-corrected chi connectivity index (χ2v) is 7.20. The Kier molecular flexibility index (Phi) is 4.12. The molecule has 8 heteroatoms. The molecule has 0 atom stereocenters. The Morgan fingerprint density at radius 2 is 2.04 bits per heavy atom. The standard InChI is InChI=1S/C17H13N5OS2/c1-11-15(25-17(20-11)14-3-2-8-24-14)16(23)21-12-4-6-13(7-5-12)22-10-18-9-19-22/h2-10H,1H3,(H,21,23). The van der Waals surface area contributed by atoms with E-state index in [4.69, 9.17) is 0 Å². The lowest BCUT2D eigenvalue weighted by Gasteiger charge is -2.05. The largest absolute Gasteiger partial charge is 0.321 e. The number of benzene rings is 1. The summed E-state index contributed by atoms with van der Waals surface area (Å²) < 4.78 is 1.66. The van der Waals surface area contributed by atoms with E-state index in [1.807, 2.05) is 48.7 Å². The van der Waals surface area contributed by atoms with E-state index in [-0.39, 0.29) is 5.91 Å². The van der Waals surface area contributed by atoms with Crippen LogP contribution in [0.25, 0.3) is 15.6 Å². The summed E-state index contributed by atoms with van der Waals surface area (Å²) >= 11 is 3.03. The van der Waals surface area contributed by atoms with Crippen molar-refractivity contribution < 1.29 is 4.79 Å². The number of hydrogen-bond acceptors (Lipinski definition) is 6. The van der Waals surface area contributed by atoms with Gasteiger partial charge in [-0.05, 0) is 42.6 Å². The molecule has 0 spiro atoms. The van der Waals surface area contributed by atoms with Gasteiger partial charge in [-0.15, -0.1) is 22.7 Å². The molecule has 0 unspecified atom stereocenters. The molecule has 3 heterocycles. The molecule has 0 fully saturated rings. The van der Waals surface area contributed by atoms with Gasteiger partial charge in [-0.1, -0.05) is 6.07 Å². The number of amides is 1. The summed E-state index contributed by atoms with van der Waals surface area (Å²) in [4.78, 5) is 22.7. The van der Waals surface area contributed by atoms with E-state index < -0.39 is 0 Å². The number of aromatic nitrogens is 4. The summed E-state index contributed by atoms with van der Waals surface area (Å²) in [5, 5.41) is 9.87. The zero-order valence-electron chi connectivity index (χ0n) is 13.2. The van der Waals surface area contributed by atoms with Gasteiger partial charge in [-0.25, -0.2) is 14.6 Å². The molecule has 0 aliphatic rings. The van der Waals surface area contributed by atoms with E-state index in [2.05, 4.69) is 20.4 Å². The third-order valence-corrected chi connectivity index (χ3v) is 5.74. The van der Waals surface area contributed by atoms with Crippen molar-refractivity contribution in [1.29, 1.82) is 0 Å². The van der Waals surface area contributed by atoms with Crippen LogP contribution in [-0.2, 0) is 0 Å². The van der Waals surface area contributed by atoms with E-state index in [9.17, 15) is 4.79 Å². The van der Waals surface area contributed by atoms with Crippen molar-refractivity contribution in [3.05, 3.63) is 65.0 Å². The molecule has 4 rings (SSSR count). The highest BCUT2D eigenvalue weighted by molar-refractivity contribution is 7.22. The lowest BCUT2D eigenvalue weighted by Crippen LogP contribution is -2.11. The van der Waals surface area contributed by atoms with Gasteiger partial charge in [-0.2, -0.15) is 5.10 Å². The zero-order valence-corrected chi connectivity index (χ0v) is 14.8. The summed E-state index contributed by atoms with van der Waals surface area (Å²) in [6.07, 6.45) is 3.10. The minimum Gasteiger partial charge on any atom is -0.321 e. The van der Waals surface area contributed by atoms with Crippen molar-refractivity contribution in [2.24, 2.45) is 0 Å². The Labute approximate surface area is 151 Å². The first-order valence-electron chi connectivity index (χ1n) is 7.48. The van der Waals surface area contributed by atoms with Crippen LogP contribution in [0.3, 0.4) is 0 Å². The van der Waals surface area contributed by atoms with Crippen LogP contribution in [0, 0.1) is 6.92 Å². The third kappa shape index (κ3) is 3.21. The Morgan fingerprint density at radius 3 is 2.72 bits per heavy atom. The van der Waals surface area contributed by atoms with Crippen LogP contribution < -0.4 is 5.32 Å². The van der Waals surface area contributed by atoms with Gasteiger partial charge in [0.25, 0.3) is 5.91 Å². The van der Waals surface area contributed by atoms with Crippen LogP contribution in [-0.4, -0.2) is 25.7 Å². The predicted molar refractivity (Wildman–Crippen MR) is 99.5 cm³/mol. The van der Waals surface area contributed by atoms with Gasteiger partial charge >= 0.3 is 0 Å². The fourth-order valence-corrected chi connectivity index (χ4v) is 4.10. The molecule has 0 aliphatic carbocycles. The highest BCUT2D eigenvalue weighted by Crippen LogP contribution is 2.31. The van der Waals surface area contributed by atoms with E-state index in [1.165, 1.54) is 17.7 Å². The minimum atomic E-state index is -0.147. The molecule has 1 aromatic carbocycles. The van der Waals surface area contributed by atoms with E-state index in [0.717, 1.165) is 27.0 Å². The molecule has 0 saturated heterocycles. The number of hydrogen-bond donors (Lipinski definition) is 1. The maximum Gasteiger partial charge on any atom is 0.267 e. The number of nitrogens with zero attached hydrogens (tertiary/aromatic N) is 4. The van der Waals surface area contributed by atoms with E-state index >= 15 is 0 Å². The van der Waals surface area contributed by atoms with Crippen LogP contribution >= 0.6 is 22.7 Å². The highest BCUT2D eigenvalue weighted by atomic mass is 32.1. The Morgan fingerprint density at radius 1 is 1.20 bits per heavy atom. The van der Waals surface area contributed by atoms with Gasteiger partial charge in [0.05, 0.1) is 16.3 Å². The van der Waals surface area contributed by atoms with Crippen LogP contribution in [0.15, 0.2) is 54.4 Å². The number of anilines is 1. The molecule has 4 aromatic rings. The average Bonchev–Trinajstić information content (AvgIpc) is 3.37. The zero-order chi connectivity index (χ0) is 17.2. The molecule has 0 bridgehead atoms. The monoisotopic (exact) mass is 367 g/mol. The smallest absolute Gasteiger partial charge is 0.267 e. The lowest BCUT2D eigenvalue weighted by atomic mass is 10.2. The maximum absolute atomic E-state index is 12.6. The van der Waals surface area contributed by atoms with Gasteiger partial charge in [0.2, 0.25) is 0 Å². The quantitative estimate of drug-likeness (QED) is 0.591. The molecular weight excluding hydrogens is 354 g/mol. The normalized spacial score (nSPS) is 10.8. The molecule has 3 aromatic heterocycles. The Hall–Kier alpha value is -2.84. The number of rotatable bonds is 4. The fourth-order valence-electron chi connectivity index (χ4n) is 2.34. The number of aryl methyl sites for hydroxylation is 1. The molecule has 1 N–H and O–H groups in total. The van der Waals surface area contributed by atoms with Gasteiger partial charge in [0.1, 0.15) is 22.5 Å². The first-order chi connectivity index (χ1) is 12.2. The summed E-state index contributed by atoms with van der Waals surface area (Å²) in [6, 6.07) is 11.4. The molecular formula is C17H13N5OS2. The summed E-state index contributed by atoms with van der Waals surface area (Å²) in [7, 11) is 0. The number of nitrogens with one attached hydrogen (secondary N) is 1. The van der Waals surface area contributed by atoms with Crippen LogP contribution in [0.4, 0.5) is 5.69 Å². The van der Waals surface area contributed by atoms with Crippen molar-refractivity contribution >= 4 is 34.3 Å². The van der Waals surface area contributed by atoms with Crippen LogP contribution in [0.2, 0.25) is 0 Å². The van der Waals surface area contributed by atoms with Crippen molar-refractivity contribution in [2.45, 2.75) is 6.92 Å². The predicted octanol–water partition coefficient (Wildman–Crippen LogP) is 4.01. The first-order valence-corrected chi connectivity index (χ1v) is 9.18. The second-order valence-electron chi connectivity index (χ2n) is 5.25. The lowest BCUT2D eigenvalue weighted by molar-refractivity contribution is 0.103. The first kappa shape index (κ1) is 15.7. The fraction of sp³-hybridized carbons (Fsp3) is 0.0588. The Bertz CT molecular complexity index is 989. The summed E-state index contributed by atoms with van der Waals surface area (Å²) in [5.74, 6) is -0.147. The van der Waals surface area contributed by atoms with Crippen molar-refractivity contribution in [1.82, 2.24) is 19.7 Å². The second kappa shape index (κ2) is 6.58. The minimum absolute atomic E-state index is 0.147. The average molecular weight is 367 g/mol. The van der Waals surface area contributed by atoms with Crippen molar-refractivity contribution in [2.75, 3.05) is 5.32 Å². The number of thiazole rings is 1. The number of carbonyl (C=O) groups is 1. The van der Waals surface area contributed by atoms with E-state index in [1.54, 1.807) is 22.3 Å². The summed E-state index contributed by atoms with van der Waals surface area (Å²) in [5.41, 5.74) is 2.34. The Balaban J connectivity index is 1.52. The van der Waals surface area contributed by atoms with Crippen molar-refractivity contribution in [3.63, 3.8) is 0 Å². The molecule has 0 aliphatic heterocycles. The van der Waals surface area contributed by atoms with Gasteiger partial charge < -0.3 is 5.32 Å². The molecule has 25 heavy (non-hydrogen) atoms. The van der Waals surface area contributed by atoms with E-state index in [0.29, 0.717) is 4.88 Å². The summed E-state index contributed by atoms with van der Waals surface area (Å²) in [6.45, 7) is 1.86. The van der Waals surface area contributed by atoms with Crippen molar-refractivity contribution in [3.8, 4) is 15.6 Å². The third-order valence-electron chi connectivity index (χ3n) is 3.54. The molecule has 1 amide bonds. The van der Waals surface area contributed by atoms with Gasteiger partial charge in [0.15, 0.2) is 0 Å². The highest BCUT2D eigenvalue weighted by Gasteiger charge is 2.17. The maximum atomic E-state index is 12.6. The molecule has 0 saturated carbocycles. The van der Waals surface area contributed by atoms with Gasteiger partial charge in [0, 0.05) is 5.69 Å². The SMILES string of the molecule is Cc1nc(-c2cccs2)sc1C(=O)Nc1ccc(-n2cncn2)cc1. The molecule has 124 valence electrons. The number of carbonyl (C=O) groups excluding carboxylic acids is 1. The molecule has 0 radical (unpaired) electrons. The van der Waals surface area contributed by atoms with Crippen LogP contribution in [0.5, 0.6) is 0 Å².